The first kappa shape index (κ1) is 15.3. The predicted molar refractivity (Wildman–Crippen MR) is 92.0 cm³/mol. The summed E-state index contributed by atoms with van der Waals surface area (Å²) >= 11 is 12.3. The third kappa shape index (κ3) is 3.24. The van der Waals surface area contributed by atoms with Gasteiger partial charge in [-0.1, -0.05) is 52.7 Å². The molecule has 0 fully saturated rings. The van der Waals surface area contributed by atoms with Gasteiger partial charge in [-0.25, -0.2) is 4.98 Å². The molecule has 0 aliphatic heterocycles. The van der Waals surface area contributed by atoms with E-state index < -0.39 is 0 Å². The lowest BCUT2D eigenvalue weighted by molar-refractivity contribution is 0.738. The SMILES string of the molecule is Cc1c([Si]Cn2cncn2)cccc1-c1ccc(Cl)cc1Cl. The molecule has 2 aromatic carbocycles. The van der Waals surface area contributed by atoms with E-state index in [0.717, 1.165) is 17.3 Å². The Kier molecular flexibility index (Phi) is 4.62. The molecular formula is C16H13Cl2N3Si. The summed E-state index contributed by atoms with van der Waals surface area (Å²) in [6.07, 6.45) is 4.13. The standard InChI is InChI=1S/C16H13Cl2N3Si/c1-11-13(14-6-5-12(17)7-15(14)18)3-2-4-16(11)22-10-21-9-19-8-20-21/h2-9H,10H2,1H3. The van der Waals surface area contributed by atoms with Crippen molar-refractivity contribution >= 4 is 37.9 Å². The Balaban J connectivity index is 1.91. The first-order chi connectivity index (χ1) is 10.6. The molecule has 1 aromatic heterocycles. The Morgan fingerprint density at radius 3 is 2.73 bits per heavy atom. The smallest absolute Gasteiger partial charge is 0.137 e. The van der Waals surface area contributed by atoms with Crippen LogP contribution in [0, 0.1) is 6.92 Å². The molecule has 3 nitrogen and oxygen atoms in total. The van der Waals surface area contributed by atoms with Crippen molar-refractivity contribution in [3.05, 3.63) is 64.7 Å². The van der Waals surface area contributed by atoms with Gasteiger partial charge in [-0.15, -0.1) is 0 Å². The molecule has 2 radical (unpaired) electrons. The molecule has 6 heteroatoms. The molecule has 110 valence electrons. The largest absolute Gasteiger partial charge is 0.256 e. The Morgan fingerprint density at radius 2 is 2.00 bits per heavy atom. The number of aromatic nitrogens is 3. The van der Waals surface area contributed by atoms with Crippen molar-refractivity contribution in [2.45, 2.75) is 13.1 Å². The maximum absolute atomic E-state index is 6.34. The van der Waals surface area contributed by atoms with Crippen molar-refractivity contribution in [2.75, 3.05) is 0 Å². The molecule has 0 unspecified atom stereocenters. The lowest BCUT2D eigenvalue weighted by atomic mass is 10.0. The maximum Gasteiger partial charge on any atom is 0.137 e. The van der Waals surface area contributed by atoms with Crippen molar-refractivity contribution in [1.29, 1.82) is 0 Å². The highest BCUT2D eigenvalue weighted by atomic mass is 35.5. The average Bonchev–Trinajstić information content (AvgIpc) is 3.00. The van der Waals surface area contributed by atoms with Crippen molar-refractivity contribution in [3.8, 4) is 11.1 Å². The number of halogens is 2. The fraction of sp³-hybridized carbons (Fsp3) is 0.125. The second-order valence-corrected chi connectivity index (χ2v) is 6.92. The van der Waals surface area contributed by atoms with Gasteiger partial charge in [0.15, 0.2) is 0 Å². The highest BCUT2D eigenvalue weighted by Crippen LogP contribution is 2.31. The molecule has 0 aliphatic carbocycles. The molecule has 3 rings (SSSR count). The van der Waals surface area contributed by atoms with Gasteiger partial charge in [0.25, 0.3) is 0 Å². The van der Waals surface area contributed by atoms with Gasteiger partial charge < -0.3 is 0 Å². The first-order valence-electron chi connectivity index (χ1n) is 6.76. The van der Waals surface area contributed by atoms with E-state index in [-0.39, 0.29) is 0 Å². The molecule has 3 aromatic rings. The number of hydrogen-bond donors (Lipinski definition) is 0. The monoisotopic (exact) mass is 345 g/mol. The minimum atomic E-state index is 0.625. The van der Waals surface area contributed by atoms with Crippen LogP contribution in [0.25, 0.3) is 11.1 Å². The number of benzene rings is 2. The van der Waals surface area contributed by atoms with Gasteiger partial charge in [-0.05, 0) is 30.2 Å². The summed E-state index contributed by atoms with van der Waals surface area (Å²) in [6, 6.07) is 11.9. The van der Waals surface area contributed by atoms with Crippen LogP contribution in [0.3, 0.4) is 0 Å². The molecule has 1 heterocycles. The molecule has 0 N–H and O–H groups in total. The summed E-state index contributed by atoms with van der Waals surface area (Å²) in [7, 11) is 0.625. The minimum Gasteiger partial charge on any atom is -0.256 e. The van der Waals surface area contributed by atoms with Crippen molar-refractivity contribution < 1.29 is 0 Å². The fourth-order valence-corrected chi connectivity index (χ4v) is 3.93. The first-order valence-corrected chi connectivity index (χ1v) is 8.73. The second-order valence-electron chi connectivity index (χ2n) is 4.87. The van der Waals surface area contributed by atoms with E-state index in [0.29, 0.717) is 19.6 Å². The van der Waals surface area contributed by atoms with E-state index in [1.807, 2.05) is 16.8 Å². The summed E-state index contributed by atoms with van der Waals surface area (Å²) in [5.74, 6) is 0. The van der Waals surface area contributed by atoms with Crippen LogP contribution in [0.1, 0.15) is 5.56 Å². The van der Waals surface area contributed by atoms with E-state index in [1.165, 1.54) is 10.8 Å². The van der Waals surface area contributed by atoms with Crippen LogP contribution < -0.4 is 5.19 Å². The molecule has 0 spiro atoms. The second kappa shape index (κ2) is 6.65. The van der Waals surface area contributed by atoms with Crippen molar-refractivity contribution in [3.63, 3.8) is 0 Å². The molecular weight excluding hydrogens is 333 g/mol. The normalized spacial score (nSPS) is 10.9. The summed E-state index contributed by atoms with van der Waals surface area (Å²) in [5.41, 5.74) is 3.39. The van der Waals surface area contributed by atoms with E-state index in [4.69, 9.17) is 23.2 Å². The highest BCUT2D eigenvalue weighted by molar-refractivity contribution is 6.53. The third-order valence-electron chi connectivity index (χ3n) is 3.45. The van der Waals surface area contributed by atoms with Crippen molar-refractivity contribution in [2.24, 2.45) is 0 Å². The zero-order valence-corrected chi connectivity index (χ0v) is 14.4. The van der Waals surface area contributed by atoms with Crippen LogP contribution in [0.5, 0.6) is 0 Å². The summed E-state index contributed by atoms with van der Waals surface area (Å²) in [4.78, 5) is 3.97. The van der Waals surface area contributed by atoms with Gasteiger partial charge >= 0.3 is 0 Å². The Morgan fingerprint density at radius 1 is 1.14 bits per heavy atom. The van der Waals surface area contributed by atoms with Crippen LogP contribution in [0.2, 0.25) is 10.0 Å². The van der Waals surface area contributed by atoms with Gasteiger partial charge in [0, 0.05) is 21.8 Å². The fourth-order valence-electron chi connectivity index (χ4n) is 2.31. The molecule has 0 saturated carbocycles. The molecule has 0 bridgehead atoms. The number of rotatable bonds is 4. The molecule has 0 amide bonds. The summed E-state index contributed by atoms with van der Waals surface area (Å²) in [6.45, 7) is 2.13. The van der Waals surface area contributed by atoms with Crippen LogP contribution in [0.4, 0.5) is 0 Å². The molecule has 22 heavy (non-hydrogen) atoms. The number of nitrogens with zero attached hydrogens (tertiary/aromatic N) is 3. The summed E-state index contributed by atoms with van der Waals surface area (Å²) in [5, 5.41) is 6.77. The third-order valence-corrected chi connectivity index (χ3v) is 5.41. The quantitative estimate of drug-likeness (QED) is 0.677. The summed E-state index contributed by atoms with van der Waals surface area (Å²) < 4.78 is 1.85. The Labute approximate surface area is 141 Å². The van der Waals surface area contributed by atoms with Crippen LogP contribution >= 0.6 is 23.2 Å². The van der Waals surface area contributed by atoms with Crippen LogP contribution in [-0.4, -0.2) is 24.3 Å². The van der Waals surface area contributed by atoms with E-state index in [1.54, 1.807) is 18.7 Å². The lowest BCUT2D eigenvalue weighted by Gasteiger charge is -2.12. The van der Waals surface area contributed by atoms with Crippen molar-refractivity contribution in [1.82, 2.24) is 14.8 Å². The average molecular weight is 346 g/mol. The van der Waals surface area contributed by atoms with Crippen LogP contribution in [-0.2, 0) is 6.17 Å². The number of hydrogen-bond acceptors (Lipinski definition) is 2. The zero-order chi connectivity index (χ0) is 15.5. The molecule has 0 atom stereocenters. The van der Waals surface area contributed by atoms with Crippen LogP contribution in [0.15, 0.2) is 49.1 Å². The minimum absolute atomic E-state index is 0.625. The Hall–Kier alpha value is -1.62. The van der Waals surface area contributed by atoms with E-state index in [2.05, 4.69) is 35.2 Å². The van der Waals surface area contributed by atoms with Gasteiger partial charge in [0.2, 0.25) is 0 Å². The van der Waals surface area contributed by atoms with E-state index in [9.17, 15) is 0 Å². The zero-order valence-electron chi connectivity index (χ0n) is 11.9. The molecule has 0 saturated heterocycles. The Bertz CT molecular complexity index is 788. The van der Waals surface area contributed by atoms with E-state index >= 15 is 0 Å². The topological polar surface area (TPSA) is 30.7 Å². The lowest BCUT2D eigenvalue weighted by Crippen LogP contribution is -2.23. The van der Waals surface area contributed by atoms with Gasteiger partial charge in [-0.3, -0.25) is 4.68 Å². The molecule has 0 aliphatic rings. The van der Waals surface area contributed by atoms with Gasteiger partial charge in [0.1, 0.15) is 22.2 Å². The predicted octanol–water partition coefficient (Wildman–Crippen LogP) is 3.55. The highest BCUT2D eigenvalue weighted by Gasteiger charge is 2.10. The van der Waals surface area contributed by atoms with Gasteiger partial charge in [0.05, 0.1) is 0 Å². The maximum atomic E-state index is 6.34. The van der Waals surface area contributed by atoms with Gasteiger partial charge in [-0.2, -0.15) is 5.10 Å².